The fourth-order valence-electron chi connectivity index (χ4n) is 3.23. The van der Waals surface area contributed by atoms with Crippen LogP contribution >= 0.6 is 0 Å². The van der Waals surface area contributed by atoms with Crippen molar-refractivity contribution < 1.29 is 27.5 Å². The first-order chi connectivity index (χ1) is 15.1. The van der Waals surface area contributed by atoms with E-state index in [4.69, 9.17) is 4.74 Å². The topological polar surface area (TPSA) is 86.1 Å². The monoisotopic (exact) mass is 446 g/mol. The number of nitrogens with one attached hydrogen (secondary N) is 1. The molecule has 3 aromatic rings. The van der Waals surface area contributed by atoms with E-state index in [0.717, 1.165) is 12.1 Å². The van der Waals surface area contributed by atoms with Crippen LogP contribution in [-0.2, 0) is 17.5 Å². The van der Waals surface area contributed by atoms with E-state index >= 15 is 0 Å². The molecule has 168 valence electrons. The van der Waals surface area contributed by atoms with Crippen molar-refractivity contribution in [1.82, 2.24) is 20.1 Å². The van der Waals surface area contributed by atoms with Crippen LogP contribution in [0.2, 0.25) is 0 Å². The van der Waals surface area contributed by atoms with Crippen molar-refractivity contribution >= 4 is 11.7 Å². The summed E-state index contributed by atoms with van der Waals surface area (Å²) in [6.45, 7) is 5.26. The quantitative estimate of drug-likeness (QED) is 0.441. The molecular formula is C22H21F3N4O3. The van der Waals surface area contributed by atoms with Gasteiger partial charge in [0.15, 0.2) is 0 Å². The van der Waals surface area contributed by atoms with Crippen LogP contribution in [-0.4, -0.2) is 33.1 Å². The summed E-state index contributed by atoms with van der Waals surface area (Å²) in [6, 6.07) is 7.98. The van der Waals surface area contributed by atoms with E-state index in [1.54, 1.807) is 25.3 Å². The van der Waals surface area contributed by atoms with E-state index in [1.807, 2.05) is 0 Å². The van der Waals surface area contributed by atoms with Crippen LogP contribution < -0.4 is 10.1 Å². The fraction of sp³-hybridized carbons (Fsp3) is 0.273. The Morgan fingerprint density at radius 2 is 1.91 bits per heavy atom. The van der Waals surface area contributed by atoms with E-state index in [2.05, 4.69) is 15.4 Å². The summed E-state index contributed by atoms with van der Waals surface area (Å²) in [5.74, 6) is -1.35. The van der Waals surface area contributed by atoms with Crippen LogP contribution in [0.4, 0.5) is 13.2 Å². The molecular weight excluding hydrogens is 425 g/mol. The maximum Gasteiger partial charge on any atom is 0.416 e. The van der Waals surface area contributed by atoms with Gasteiger partial charge >= 0.3 is 6.18 Å². The molecule has 0 unspecified atom stereocenters. The van der Waals surface area contributed by atoms with Crippen LogP contribution in [0, 0.1) is 13.8 Å². The van der Waals surface area contributed by atoms with Gasteiger partial charge in [0.25, 0.3) is 11.7 Å². The summed E-state index contributed by atoms with van der Waals surface area (Å²) in [6.07, 6.45) is -2.96. The average Bonchev–Trinajstić information content (AvgIpc) is 3.06. The number of aryl methyl sites for hydroxylation is 1. The lowest BCUT2D eigenvalue weighted by Gasteiger charge is -2.10. The number of carbonyl (C=O) groups is 2. The number of ketones is 1. The smallest absolute Gasteiger partial charge is 0.416 e. The molecule has 0 aliphatic heterocycles. The van der Waals surface area contributed by atoms with Crippen LogP contribution in [0.5, 0.6) is 5.88 Å². The second kappa shape index (κ2) is 9.21. The van der Waals surface area contributed by atoms with Gasteiger partial charge in [-0.1, -0.05) is 12.1 Å². The number of benzene rings is 1. The number of Topliss-reactive ketones (excluding diaryl/α,β-unsaturated/α-hetero) is 1. The normalized spacial score (nSPS) is 11.3. The van der Waals surface area contributed by atoms with Gasteiger partial charge in [-0.15, -0.1) is 0 Å². The average molecular weight is 446 g/mol. The predicted octanol–water partition coefficient (Wildman–Crippen LogP) is 3.80. The minimum atomic E-state index is -4.52. The molecule has 3 rings (SSSR count). The zero-order chi connectivity index (χ0) is 23.5. The maximum atomic E-state index is 13.1. The SMILES string of the molecule is CCOc1ncccc1CNC(=O)C(=O)c1c(C)nn(-c2cccc(C(F)(F)F)c2)c1C. The van der Waals surface area contributed by atoms with Crippen LogP contribution in [0.3, 0.4) is 0 Å². The van der Waals surface area contributed by atoms with Gasteiger partial charge in [-0.05, 0) is 45.0 Å². The Morgan fingerprint density at radius 1 is 1.16 bits per heavy atom. The van der Waals surface area contributed by atoms with Gasteiger partial charge in [-0.2, -0.15) is 18.3 Å². The number of aromatic nitrogens is 3. The number of carbonyl (C=O) groups excluding carboxylic acids is 2. The van der Waals surface area contributed by atoms with E-state index in [1.165, 1.54) is 30.7 Å². The van der Waals surface area contributed by atoms with Gasteiger partial charge in [-0.3, -0.25) is 9.59 Å². The Morgan fingerprint density at radius 3 is 2.59 bits per heavy atom. The summed E-state index contributed by atoms with van der Waals surface area (Å²) in [7, 11) is 0. The second-order valence-corrected chi connectivity index (χ2v) is 6.92. The van der Waals surface area contributed by atoms with Crippen molar-refractivity contribution in [3.63, 3.8) is 0 Å². The Bertz CT molecular complexity index is 1160. The lowest BCUT2D eigenvalue weighted by atomic mass is 10.1. The molecule has 0 radical (unpaired) electrons. The lowest BCUT2D eigenvalue weighted by Crippen LogP contribution is -2.31. The Hall–Kier alpha value is -3.69. The van der Waals surface area contributed by atoms with Gasteiger partial charge in [0.2, 0.25) is 5.88 Å². The van der Waals surface area contributed by atoms with Crippen molar-refractivity contribution in [2.75, 3.05) is 6.61 Å². The number of halogens is 3. The van der Waals surface area contributed by atoms with Gasteiger partial charge in [0.05, 0.1) is 34.8 Å². The first-order valence-electron chi connectivity index (χ1n) is 9.76. The Balaban J connectivity index is 1.83. The van der Waals surface area contributed by atoms with Crippen LogP contribution in [0.15, 0.2) is 42.6 Å². The lowest BCUT2D eigenvalue weighted by molar-refractivity contribution is -0.137. The molecule has 2 aromatic heterocycles. The molecule has 0 saturated heterocycles. The van der Waals surface area contributed by atoms with Crippen molar-refractivity contribution in [3.8, 4) is 11.6 Å². The van der Waals surface area contributed by atoms with E-state index in [9.17, 15) is 22.8 Å². The molecule has 0 bridgehead atoms. The molecule has 2 heterocycles. The van der Waals surface area contributed by atoms with Gasteiger partial charge in [0, 0.05) is 18.3 Å². The van der Waals surface area contributed by atoms with E-state index in [0.29, 0.717) is 18.1 Å². The third-order valence-electron chi connectivity index (χ3n) is 4.71. The summed E-state index contributed by atoms with van der Waals surface area (Å²) in [4.78, 5) is 29.4. The first-order valence-corrected chi connectivity index (χ1v) is 9.76. The summed E-state index contributed by atoms with van der Waals surface area (Å²) in [5.41, 5.74) is 0.431. The van der Waals surface area contributed by atoms with Gasteiger partial charge in [0.1, 0.15) is 0 Å². The zero-order valence-corrected chi connectivity index (χ0v) is 17.7. The predicted molar refractivity (Wildman–Crippen MR) is 110 cm³/mol. The molecule has 0 saturated carbocycles. The molecule has 0 atom stereocenters. The summed E-state index contributed by atoms with van der Waals surface area (Å²) >= 11 is 0. The van der Waals surface area contributed by atoms with Crippen molar-refractivity contribution in [2.45, 2.75) is 33.5 Å². The van der Waals surface area contributed by atoms with E-state index < -0.39 is 23.4 Å². The van der Waals surface area contributed by atoms with Crippen LogP contribution in [0.25, 0.3) is 5.69 Å². The number of alkyl halides is 3. The van der Waals surface area contributed by atoms with Gasteiger partial charge < -0.3 is 10.1 Å². The third kappa shape index (κ3) is 4.79. The van der Waals surface area contributed by atoms with E-state index in [-0.39, 0.29) is 29.2 Å². The summed E-state index contributed by atoms with van der Waals surface area (Å²) < 4.78 is 45.8. The van der Waals surface area contributed by atoms with Crippen molar-refractivity contribution in [3.05, 3.63) is 70.7 Å². The highest BCUT2D eigenvalue weighted by atomic mass is 19.4. The van der Waals surface area contributed by atoms with Crippen LogP contribution in [0.1, 0.15) is 39.8 Å². The summed E-state index contributed by atoms with van der Waals surface area (Å²) in [5, 5.41) is 6.72. The molecule has 10 heteroatoms. The van der Waals surface area contributed by atoms with Crippen molar-refractivity contribution in [1.29, 1.82) is 0 Å². The fourth-order valence-corrected chi connectivity index (χ4v) is 3.23. The minimum absolute atomic E-state index is 0.0214. The molecule has 1 aromatic carbocycles. The second-order valence-electron chi connectivity index (χ2n) is 6.92. The Kier molecular flexibility index (Phi) is 6.61. The largest absolute Gasteiger partial charge is 0.478 e. The number of rotatable bonds is 7. The number of ether oxygens (including phenoxy) is 1. The highest BCUT2D eigenvalue weighted by molar-refractivity contribution is 6.43. The third-order valence-corrected chi connectivity index (χ3v) is 4.71. The number of hydrogen-bond donors (Lipinski definition) is 1. The number of pyridine rings is 1. The number of amides is 1. The molecule has 0 aliphatic rings. The number of hydrogen-bond acceptors (Lipinski definition) is 5. The Labute approximate surface area is 182 Å². The van der Waals surface area contributed by atoms with Crippen molar-refractivity contribution in [2.24, 2.45) is 0 Å². The highest BCUT2D eigenvalue weighted by Crippen LogP contribution is 2.31. The maximum absolute atomic E-state index is 13.1. The minimum Gasteiger partial charge on any atom is -0.478 e. The standard InChI is InChI=1S/C22H21F3N4O3/c1-4-32-21-15(7-6-10-26-21)12-27-20(31)19(30)18-13(2)28-29(14(18)3)17-9-5-8-16(11-17)22(23,24)25/h5-11H,4,12H2,1-3H3,(H,27,31). The number of nitrogens with zero attached hydrogens (tertiary/aromatic N) is 3. The highest BCUT2D eigenvalue weighted by Gasteiger charge is 2.31. The molecule has 0 fully saturated rings. The molecule has 1 N–H and O–H groups in total. The molecule has 0 aliphatic carbocycles. The molecule has 7 nitrogen and oxygen atoms in total. The molecule has 32 heavy (non-hydrogen) atoms. The molecule has 1 amide bonds. The van der Waals surface area contributed by atoms with Gasteiger partial charge in [-0.25, -0.2) is 9.67 Å². The first kappa shape index (κ1) is 23.0. The zero-order valence-electron chi connectivity index (χ0n) is 17.7. The molecule has 0 spiro atoms.